The zero-order valence-corrected chi connectivity index (χ0v) is 6.93. The van der Waals surface area contributed by atoms with Gasteiger partial charge in [-0.25, -0.2) is 0 Å². The molecule has 0 heterocycles. The van der Waals surface area contributed by atoms with E-state index in [0.29, 0.717) is 5.92 Å². The van der Waals surface area contributed by atoms with Gasteiger partial charge in [0.05, 0.1) is 6.07 Å². The maximum atomic E-state index is 8.88. The van der Waals surface area contributed by atoms with Crippen molar-refractivity contribution in [2.75, 3.05) is 6.54 Å². The van der Waals surface area contributed by atoms with E-state index >= 15 is 0 Å². The predicted octanol–water partition coefficient (Wildman–Crippen LogP) is 1.45. The Morgan fingerprint density at radius 3 is 2.82 bits per heavy atom. The van der Waals surface area contributed by atoms with Crippen LogP contribution in [0.25, 0.3) is 0 Å². The Labute approximate surface area is 67.9 Å². The van der Waals surface area contributed by atoms with Gasteiger partial charge < -0.3 is 0 Å². The van der Waals surface area contributed by atoms with Crippen molar-refractivity contribution in [3.8, 4) is 6.07 Å². The quantitative estimate of drug-likeness (QED) is 0.616. The molecule has 1 aliphatic rings. The van der Waals surface area contributed by atoms with Gasteiger partial charge >= 0.3 is 0 Å². The molecular formula is C9H14N2. The molecule has 0 aromatic carbocycles. The van der Waals surface area contributed by atoms with Crippen LogP contribution in [0.15, 0.2) is 12.7 Å². The van der Waals surface area contributed by atoms with Crippen molar-refractivity contribution in [2.24, 2.45) is 5.92 Å². The van der Waals surface area contributed by atoms with Crippen LogP contribution in [0.1, 0.15) is 19.8 Å². The minimum absolute atomic E-state index is 0.311. The smallest absolute Gasteiger partial charge is 0.107 e. The lowest BCUT2D eigenvalue weighted by Crippen LogP contribution is -2.43. The highest BCUT2D eigenvalue weighted by Gasteiger charge is 2.41. The molecule has 1 unspecified atom stereocenters. The molecule has 0 spiro atoms. The summed E-state index contributed by atoms with van der Waals surface area (Å²) in [6, 6.07) is 2.32. The molecular weight excluding hydrogens is 136 g/mol. The Kier molecular flexibility index (Phi) is 2.31. The molecule has 0 radical (unpaired) electrons. The number of hydrogen-bond donors (Lipinski definition) is 1. The molecule has 60 valence electrons. The number of nitrogens with zero attached hydrogens (tertiary/aromatic N) is 1. The predicted molar refractivity (Wildman–Crippen MR) is 44.9 cm³/mol. The molecule has 2 heteroatoms. The van der Waals surface area contributed by atoms with E-state index in [1.54, 1.807) is 6.08 Å². The fourth-order valence-corrected chi connectivity index (χ4v) is 1.22. The van der Waals surface area contributed by atoms with Gasteiger partial charge in [0.25, 0.3) is 0 Å². The topological polar surface area (TPSA) is 35.8 Å². The summed E-state index contributed by atoms with van der Waals surface area (Å²) in [6.45, 7) is 6.30. The van der Waals surface area contributed by atoms with E-state index in [4.69, 9.17) is 5.26 Å². The van der Waals surface area contributed by atoms with E-state index in [0.717, 1.165) is 6.54 Å². The average Bonchev–Trinajstić information content (AvgIpc) is 2.82. The van der Waals surface area contributed by atoms with Crippen LogP contribution >= 0.6 is 0 Å². The SMILES string of the molecule is C=CCNC(C)(C#N)C1CC1. The molecule has 0 bridgehead atoms. The van der Waals surface area contributed by atoms with Gasteiger partial charge in [0.1, 0.15) is 5.54 Å². The van der Waals surface area contributed by atoms with Crippen molar-refractivity contribution in [3.05, 3.63) is 12.7 Å². The van der Waals surface area contributed by atoms with E-state index in [9.17, 15) is 0 Å². The molecule has 0 saturated heterocycles. The van der Waals surface area contributed by atoms with Crippen LogP contribution < -0.4 is 5.32 Å². The van der Waals surface area contributed by atoms with E-state index < -0.39 is 0 Å². The van der Waals surface area contributed by atoms with Crippen LogP contribution in [0, 0.1) is 17.2 Å². The molecule has 0 aromatic heterocycles. The Morgan fingerprint density at radius 1 is 1.82 bits per heavy atom. The second-order valence-electron chi connectivity index (χ2n) is 3.26. The van der Waals surface area contributed by atoms with Crippen molar-refractivity contribution in [1.29, 1.82) is 5.26 Å². The molecule has 0 aliphatic heterocycles. The summed E-state index contributed by atoms with van der Waals surface area (Å²) < 4.78 is 0. The van der Waals surface area contributed by atoms with Crippen molar-refractivity contribution in [2.45, 2.75) is 25.3 Å². The van der Waals surface area contributed by atoms with E-state index in [1.807, 2.05) is 6.92 Å². The first-order valence-electron chi connectivity index (χ1n) is 4.00. The Hall–Kier alpha value is -0.810. The first-order chi connectivity index (χ1) is 5.23. The molecule has 1 rings (SSSR count). The fraction of sp³-hybridized carbons (Fsp3) is 0.667. The maximum Gasteiger partial charge on any atom is 0.107 e. The largest absolute Gasteiger partial charge is 0.296 e. The molecule has 11 heavy (non-hydrogen) atoms. The lowest BCUT2D eigenvalue weighted by Gasteiger charge is -2.21. The monoisotopic (exact) mass is 150 g/mol. The van der Waals surface area contributed by atoms with Crippen LogP contribution in [0.2, 0.25) is 0 Å². The van der Waals surface area contributed by atoms with E-state index in [1.165, 1.54) is 12.8 Å². The minimum Gasteiger partial charge on any atom is -0.296 e. The van der Waals surface area contributed by atoms with Crippen LogP contribution in [0.4, 0.5) is 0 Å². The second kappa shape index (κ2) is 3.06. The summed E-state index contributed by atoms with van der Waals surface area (Å²) in [7, 11) is 0. The van der Waals surface area contributed by atoms with Gasteiger partial charge in [-0.3, -0.25) is 5.32 Å². The number of hydrogen-bond acceptors (Lipinski definition) is 2. The third kappa shape index (κ3) is 1.81. The molecule has 1 aliphatic carbocycles. The van der Waals surface area contributed by atoms with Gasteiger partial charge in [-0.1, -0.05) is 6.08 Å². The molecule has 0 aromatic rings. The van der Waals surface area contributed by atoms with Crippen molar-refractivity contribution >= 4 is 0 Å². The lowest BCUT2D eigenvalue weighted by atomic mass is 9.98. The number of rotatable bonds is 4. The summed E-state index contributed by atoms with van der Waals surface area (Å²) in [4.78, 5) is 0. The molecule has 1 N–H and O–H groups in total. The third-order valence-electron chi connectivity index (χ3n) is 2.24. The summed E-state index contributed by atoms with van der Waals surface area (Å²) in [5, 5.41) is 12.1. The van der Waals surface area contributed by atoms with Crippen LogP contribution in [-0.2, 0) is 0 Å². The fourth-order valence-electron chi connectivity index (χ4n) is 1.22. The first-order valence-corrected chi connectivity index (χ1v) is 4.00. The van der Waals surface area contributed by atoms with Gasteiger partial charge in [-0.2, -0.15) is 5.26 Å². The zero-order chi connectivity index (χ0) is 8.32. The maximum absolute atomic E-state index is 8.88. The van der Waals surface area contributed by atoms with Gasteiger partial charge in [0.15, 0.2) is 0 Å². The number of nitrogens with one attached hydrogen (secondary N) is 1. The molecule has 1 atom stereocenters. The highest BCUT2D eigenvalue weighted by molar-refractivity contribution is 5.12. The van der Waals surface area contributed by atoms with Crippen molar-refractivity contribution in [3.63, 3.8) is 0 Å². The molecule has 1 saturated carbocycles. The standard InChI is InChI=1S/C9H14N2/c1-3-6-11-9(2,7-10)8-4-5-8/h3,8,11H,1,4-6H2,2H3. The second-order valence-corrected chi connectivity index (χ2v) is 3.26. The lowest BCUT2D eigenvalue weighted by molar-refractivity contribution is 0.417. The number of nitriles is 1. The van der Waals surface area contributed by atoms with E-state index in [-0.39, 0.29) is 5.54 Å². The minimum atomic E-state index is -0.311. The Bertz CT molecular complexity index is 188. The van der Waals surface area contributed by atoms with Gasteiger partial charge in [-0.15, -0.1) is 6.58 Å². The average molecular weight is 150 g/mol. The summed E-state index contributed by atoms with van der Waals surface area (Å²) in [5.41, 5.74) is -0.311. The summed E-state index contributed by atoms with van der Waals surface area (Å²) in [6.07, 6.45) is 4.17. The first kappa shape index (κ1) is 8.29. The molecule has 2 nitrogen and oxygen atoms in total. The highest BCUT2D eigenvalue weighted by Crippen LogP contribution is 2.38. The third-order valence-corrected chi connectivity index (χ3v) is 2.24. The molecule has 1 fully saturated rings. The summed E-state index contributed by atoms with van der Waals surface area (Å²) in [5.74, 6) is 0.562. The van der Waals surface area contributed by atoms with Crippen LogP contribution in [0.5, 0.6) is 0 Å². The van der Waals surface area contributed by atoms with Crippen LogP contribution in [-0.4, -0.2) is 12.1 Å². The highest BCUT2D eigenvalue weighted by atomic mass is 15.0. The van der Waals surface area contributed by atoms with Crippen LogP contribution in [0.3, 0.4) is 0 Å². The van der Waals surface area contributed by atoms with Crippen molar-refractivity contribution < 1.29 is 0 Å². The normalized spacial score (nSPS) is 21.8. The summed E-state index contributed by atoms with van der Waals surface area (Å²) >= 11 is 0. The van der Waals surface area contributed by atoms with Gasteiger partial charge in [0, 0.05) is 6.54 Å². The van der Waals surface area contributed by atoms with Crippen molar-refractivity contribution in [1.82, 2.24) is 5.32 Å². The Morgan fingerprint density at radius 2 is 2.45 bits per heavy atom. The molecule has 0 amide bonds. The zero-order valence-electron chi connectivity index (χ0n) is 6.93. The van der Waals surface area contributed by atoms with Gasteiger partial charge in [-0.05, 0) is 25.7 Å². The van der Waals surface area contributed by atoms with Gasteiger partial charge in [0.2, 0.25) is 0 Å². The Balaban J connectivity index is 2.46. The van der Waals surface area contributed by atoms with E-state index in [2.05, 4.69) is 18.0 Å².